The van der Waals surface area contributed by atoms with Gasteiger partial charge >= 0.3 is 11.9 Å². The fourth-order valence-corrected chi connectivity index (χ4v) is 3.50. The van der Waals surface area contributed by atoms with Crippen molar-refractivity contribution in [2.45, 2.75) is 33.1 Å². The molecule has 32 heavy (non-hydrogen) atoms. The molecule has 0 radical (unpaired) electrons. The smallest absolute Gasteiger partial charge is 0.308 e. The Morgan fingerprint density at radius 2 is 1.41 bits per heavy atom. The number of rotatable bonds is 8. The number of hydrogen-bond donors (Lipinski definition) is 0. The Kier molecular flexibility index (Phi) is 6.87. The van der Waals surface area contributed by atoms with Gasteiger partial charge in [0.05, 0.1) is 14.2 Å². The minimum Gasteiger partial charge on any atom is -0.493 e. The van der Waals surface area contributed by atoms with Crippen molar-refractivity contribution in [1.29, 1.82) is 0 Å². The number of ether oxygens (including phenoxy) is 6. The van der Waals surface area contributed by atoms with Gasteiger partial charge in [0.2, 0.25) is 12.5 Å². The molecule has 2 aromatic carbocycles. The van der Waals surface area contributed by atoms with Gasteiger partial charge in [0.1, 0.15) is 11.5 Å². The second-order valence-electron chi connectivity index (χ2n) is 7.14. The maximum absolute atomic E-state index is 12.2. The summed E-state index contributed by atoms with van der Waals surface area (Å²) in [6, 6.07) is 6.55. The van der Waals surface area contributed by atoms with Crippen LogP contribution in [0.3, 0.4) is 0 Å². The fraction of sp³-hybridized carbons (Fsp3) is 0.348. The Morgan fingerprint density at radius 1 is 0.844 bits per heavy atom. The topological polar surface area (TPSA) is 107 Å². The molecule has 0 N–H and O–H groups in total. The van der Waals surface area contributed by atoms with Crippen LogP contribution in [0.1, 0.15) is 44.2 Å². The lowest BCUT2D eigenvalue weighted by Crippen LogP contribution is -2.12. The van der Waals surface area contributed by atoms with Crippen LogP contribution >= 0.6 is 0 Å². The minimum atomic E-state index is -0.550. The van der Waals surface area contributed by atoms with Crippen LogP contribution in [0.4, 0.5) is 0 Å². The molecule has 3 rings (SSSR count). The lowest BCUT2D eigenvalue weighted by atomic mass is 9.86. The lowest BCUT2D eigenvalue weighted by molar-refractivity contribution is -0.133. The summed E-state index contributed by atoms with van der Waals surface area (Å²) in [4.78, 5) is 35.5. The molecular formula is C23H24O9. The Labute approximate surface area is 185 Å². The van der Waals surface area contributed by atoms with E-state index in [0.29, 0.717) is 22.6 Å². The van der Waals surface area contributed by atoms with Crippen molar-refractivity contribution in [2.24, 2.45) is 0 Å². The average molecular weight is 444 g/mol. The summed E-state index contributed by atoms with van der Waals surface area (Å²) in [6.45, 7) is 4.05. The van der Waals surface area contributed by atoms with Gasteiger partial charge in [-0.05, 0) is 30.7 Å². The number of Topliss-reactive ketones (excluding diaryl/α,β-unsaturated/α-hetero) is 1. The minimum absolute atomic E-state index is 0.0361. The van der Waals surface area contributed by atoms with E-state index in [0.717, 1.165) is 0 Å². The summed E-state index contributed by atoms with van der Waals surface area (Å²) >= 11 is 0. The number of fused-ring (bicyclic) bond motifs is 1. The van der Waals surface area contributed by atoms with Gasteiger partial charge in [-0.3, -0.25) is 14.4 Å². The predicted octanol–water partition coefficient (Wildman–Crippen LogP) is 3.39. The molecule has 0 fully saturated rings. The summed E-state index contributed by atoms with van der Waals surface area (Å²) in [7, 11) is 2.85. The van der Waals surface area contributed by atoms with Crippen molar-refractivity contribution in [3.05, 3.63) is 35.4 Å². The van der Waals surface area contributed by atoms with E-state index in [9.17, 15) is 14.4 Å². The zero-order valence-electron chi connectivity index (χ0n) is 18.5. The van der Waals surface area contributed by atoms with Gasteiger partial charge in [-0.15, -0.1) is 0 Å². The zero-order chi connectivity index (χ0) is 23.4. The standard InChI is InChI=1S/C23H24O9/c1-12(24)6-16(15-7-21(27-4)23(32-14(3)26)22(8-15)28-5)17-9-19-20(30-11-29-19)10-18(17)31-13(2)25/h7-10,16H,6,11H2,1-5H3/t16-/m1/s1. The van der Waals surface area contributed by atoms with Crippen LogP contribution in [0.15, 0.2) is 24.3 Å². The molecule has 0 aliphatic carbocycles. The normalized spacial score (nSPS) is 12.7. The summed E-state index contributed by atoms with van der Waals surface area (Å²) in [5.74, 6) is 0.0694. The summed E-state index contributed by atoms with van der Waals surface area (Å²) in [6.07, 6.45) is 0.0904. The molecule has 1 aliphatic rings. The maximum atomic E-state index is 12.2. The number of methoxy groups -OCH3 is 2. The lowest BCUT2D eigenvalue weighted by Gasteiger charge is -2.22. The molecule has 0 bridgehead atoms. The van der Waals surface area contributed by atoms with Gasteiger partial charge in [-0.25, -0.2) is 0 Å². The molecule has 1 atom stereocenters. The third-order valence-electron chi connectivity index (χ3n) is 4.76. The number of benzene rings is 2. The van der Waals surface area contributed by atoms with Crippen LogP contribution in [-0.2, 0) is 14.4 Å². The molecule has 0 amide bonds. The Balaban J connectivity index is 2.21. The summed E-state index contributed by atoms with van der Waals surface area (Å²) in [5, 5.41) is 0. The maximum Gasteiger partial charge on any atom is 0.308 e. The zero-order valence-corrected chi connectivity index (χ0v) is 18.5. The molecule has 0 spiro atoms. The molecular weight excluding hydrogens is 420 g/mol. The predicted molar refractivity (Wildman–Crippen MR) is 112 cm³/mol. The quantitative estimate of drug-likeness (QED) is 0.447. The van der Waals surface area contributed by atoms with E-state index in [-0.39, 0.29) is 42.0 Å². The second kappa shape index (κ2) is 9.59. The van der Waals surface area contributed by atoms with E-state index in [1.165, 1.54) is 35.0 Å². The second-order valence-corrected chi connectivity index (χ2v) is 7.14. The van der Waals surface area contributed by atoms with E-state index in [2.05, 4.69) is 0 Å². The number of hydrogen-bond acceptors (Lipinski definition) is 9. The first-order valence-electron chi connectivity index (χ1n) is 9.79. The number of ketones is 1. The number of esters is 2. The number of carbonyl (C=O) groups excluding carboxylic acids is 3. The Morgan fingerprint density at radius 3 is 1.91 bits per heavy atom. The van der Waals surface area contributed by atoms with Crippen LogP contribution in [0, 0.1) is 0 Å². The SMILES string of the molecule is COc1cc([C@@H](CC(C)=O)c2cc3c(cc2OC(C)=O)OCO3)cc(OC)c1OC(C)=O. The van der Waals surface area contributed by atoms with E-state index < -0.39 is 17.9 Å². The van der Waals surface area contributed by atoms with E-state index in [4.69, 9.17) is 28.4 Å². The van der Waals surface area contributed by atoms with Crippen LogP contribution in [0.2, 0.25) is 0 Å². The van der Waals surface area contributed by atoms with Gasteiger partial charge in [0.25, 0.3) is 0 Å². The van der Waals surface area contributed by atoms with Crippen LogP contribution in [0.5, 0.6) is 34.5 Å². The summed E-state index contributed by atoms with van der Waals surface area (Å²) in [5.41, 5.74) is 1.17. The molecule has 0 saturated heterocycles. The third-order valence-corrected chi connectivity index (χ3v) is 4.76. The van der Waals surface area contributed by atoms with Crippen LogP contribution in [-0.4, -0.2) is 38.7 Å². The molecule has 0 saturated carbocycles. The van der Waals surface area contributed by atoms with Crippen LogP contribution in [0.25, 0.3) is 0 Å². The van der Waals surface area contributed by atoms with E-state index in [1.54, 1.807) is 24.3 Å². The highest BCUT2D eigenvalue weighted by Gasteiger charge is 2.28. The van der Waals surface area contributed by atoms with Gasteiger partial charge in [-0.1, -0.05) is 0 Å². The molecule has 0 aromatic heterocycles. The Bertz CT molecular complexity index is 1030. The highest BCUT2D eigenvalue weighted by molar-refractivity contribution is 5.78. The first kappa shape index (κ1) is 22.9. The Hall–Kier alpha value is -3.75. The van der Waals surface area contributed by atoms with E-state index >= 15 is 0 Å². The molecule has 1 aliphatic heterocycles. The molecule has 1 heterocycles. The van der Waals surface area contributed by atoms with Gasteiger partial charge in [0, 0.05) is 37.8 Å². The highest BCUT2D eigenvalue weighted by Crippen LogP contribution is 2.47. The fourth-order valence-electron chi connectivity index (χ4n) is 3.50. The van der Waals surface area contributed by atoms with Crippen molar-refractivity contribution in [3.63, 3.8) is 0 Å². The highest BCUT2D eigenvalue weighted by atomic mass is 16.7. The first-order valence-corrected chi connectivity index (χ1v) is 9.79. The van der Waals surface area contributed by atoms with Crippen molar-refractivity contribution in [3.8, 4) is 34.5 Å². The summed E-state index contributed by atoms with van der Waals surface area (Å²) < 4.78 is 32.4. The third kappa shape index (κ3) is 4.93. The largest absolute Gasteiger partial charge is 0.493 e. The molecule has 170 valence electrons. The van der Waals surface area contributed by atoms with Crippen molar-refractivity contribution < 1.29 is 42.8 Å². The van der Waals surface area contributed by atoms with Crippen molar-refractivity contribution in [2.75, 3.05) is 21.0 Å². The molecule has 0 unspecified atom stereocenters. The monoisotopic (exact) mass is 444 g/mol. The molecule has 2 aromatic rings. The molecule has 9 heteroatoms. The first-order chi connectivity index (χ1) is 15.2. The molecule has 9 nitrogen and oxygen atoms in total. The van der Waals surface area contributed by atoms with Crippen molar-refractivity contribution in [1.82, 2.24) is 0 Å². The van der Waals surface area contributed by atoms with Gasteiger partial charge < -0.3 is 28.4 Å². The van der Waals surface area contributed by atoms with Gasteiger partial charge in [-0.2, -0.15) is 0 Å². The average Bonchev–Trinajstić information content (AvgIpc) is 3.18. The van der Waals surface area contributed by atoms with Gasteiger partial charge in [0.15, 0.2) is 23.0 Å². The number of carbonyl (C=O) groups is 3. The van der Waals surface area contributed by atoms with E-state index in [1.807, 2.05) is 0 Å². The van der Waals surface area contributed by atoms with Crippen LogP contribution < -0.4 is 28.4 Å². The van der Waals surface area contributed by atoms with Crippen molar-refractivity contribution >= 4 is 17.7 Å².